The first-order chi connectivity index (χ1) is 9.02. The number of anilines is 1. The zero-order valence-corrected chi connectivity index (χ0v) is 11.3. The molecule has 1 heterocycles. The fourth-order valence-corrected chi connectivity index (χ4v) is 2.86. The first-order valence-electron chi connectivity index (χ1n) is 5.90. The van der Waals surface area contributed by atoms with E-state index in [1.807, 2.05) is 0 Å². The van der Waals surface area contributed by atoms with Gasteiger partial charge in [-0.05, 0) is 25.1 Å². The van der Waals surface area contributed by atoms with Crippen molar-refractivity contribution in [2.75, 3.05) is 23.8 Å². The maximum absolute atomic E-state index is 11.9. The van der Waals surface area contributed by atoms with Crippen LogP contribution in [0.5, 0.6) is 0 Å². The van der Waals surface area contributed by atoms with Crippen molar-refractivity contribution in [1.82, 2.24) is 0 Å². The largest absolute Gasteiger partial charge is 0.394 e. The fourth-order valence-electron chi connectivity index (χ4n) is 1.89. The normalized spacial score (nSPS) is 16.2. The van der Waals surface area contributed by atoms with Gasteiger partial charge in [-0.1, -0.05) is 0 Å². The van der Waals surface area contributed by atoms with Crippen molar-refractivity contribution in [3.05, 3.63) is 23.8 Å². The zero-order chi connectivity index (χ0) is 14.0. The first kappa shape index (κ1) is 14.0. The van der Waals surface area contributed by atoms with Crippen molar-refractivity contribution < 1.29 is 19.8 Å². The average molecular weight is 281 g/mol. The molecule has 0 fully saturated rings. The fraction of sp³-hybridized carbons (Fsp3) is 0.385. The number of amides is 1. The van der Waals surface area contributed by atoms with Gasteiger partial charge in [0, 0.05) is 10.5 Å². The number of carbonyl (C=O) groups is 2. The van der Waals surface area contributed by atoms with Crippen molar-refractivity contribution in [2.45, 2.75) is 17.9 Å². The minimum absolute atomic E-state index is 0.0257. The Balaban J connectivity index is 2.33. The molecule has 1 aliphatic rings. The molecule has 5 nitrogen and oxygen atoms in total. The molecule has 1 unspecified atom stereocenters. The Bertz CT molecular complexity index is 517. The number of hydrogen-bond donors (Lipinski definition) is 2. The van der Waals surface area contributed by atoms with Crippen molar-refractivity contribution in [1.29, 1.82) is 0 Å². The van der Waals surface area contributed by atoms with Gasteiger partial charge in [-0.3, -0.25) is 9.59 Å². The molecule has 1 atom stereocenters. The van der Waals surface area contributed by atoms with E-state index in [2.05, 4.69) is 0 Å². The highest BCUT2D eigenvalue weighted by atomic mass is 32.2. The number of nitrogens with zero attached hydrogens (tertiary/aromatic N) is 1. The van der Waals surface area contributed by atoms with Crippen LogP contribution in [0.15, 0.2) is 23.1 Å². The molecule has 1 aromatic rings. The van der Waals surface area contributed by atoms with E-state index in [-0.39, 0.29) is 24.0 Å². The Morgan fingerprint density at radius 1 is 1.53 bits per heavy atom. The number of aliphatic hydroxyl groups is 2. The Morgan fingerprint density at radius 3 is 2.89 bits per heavy atom. The van der Waals surface area contributed by atoms with E-state index in [0.29, 0.717) is 11.3 Å². The topological polar surface area (TPSA) is 77.8 Å². The Labute approximate surface area is 115 Å². The highest BCUT2D eigenvalue weighted by Gasteiger charge is 2.26. The second-order valence-electron chi connectivity index (χ2n) is 4.37. The van der Waals surface area contributed by atoms with Gasteiger partial charge in [0.05, 0.1) is 30.7 Å². The summed E-state index contributed by atoms with van der Waals surface area (Å²) in [6, 6.07) is 5.13. The van der Waals surface area contributed by atoms with Crippen molar-refractivity contribution in [3.8, 4) is 0 Å². The number of aliphatic hydroxyl groups excluding tert-OH is 2. The van der Waals surface area contributed by atoms with Crippen LogP contribution in [0.2, 0.25) is 0 Å². The highest BCUT2D eigenvalue weighted by molar-refractivity contribution is 8.00. The number of Topliss-reactive ketones (excluding diaryl/α,β-unsaturated/α-hetero) is 1. The van der Waals surface area contributed by atoms with E-state index in [4.69, 9.17) is 5.11 Å². The SMILES string of the molecule is CC(=O)c1ccc2c(c1)SCC(=O)N2CC(O)CO. The number of hydrogen-bond acceptors (Lipinski definition) is 5. The summed E-state index contributed by atoms with van der Waals surface area (Å²) in [7, 11) is 0. The van der Waals surface area contributed by atoms with Gasteiger partial charge in [-0.2, -0.15) is 0 Å². The number of β-amino-alcohol motifs (C(OH)–C–C–N with tert-alkyl or cyclic N) is 1. The molecule has 1 amide bonds. The molecule has 19 heavy (non-hydrogen) atoms. The molecule has 0 radical (unpaired) electrons. The van der Waals surface area contributed by atoms with E-state index in [1.54, 1.807) is 18.2 Å². The van der Waals surface area contributed by atoms with Crippen LogP contribution < -0.4 is 4.90 Å². The summed E-state index contributed by atoms with van der Waals surface area (Å²) < 4.78 is 0. The molecule has 0 saturated heterocycles. The lowest BCUT2D eigenvalue weighted by Gasteiger charge is -2.30. The monoisotopic (exact) mass is 281 g/mol. The van der Waals surface area contributed by atoms with E-state index in [9.17, 15) is 14.7 Å². The summed E-state index contributed by atoms with van der Waals surface area (Å²) in [6.45, 7) is 1.16. The van der Waals surface area contributed by atoms with E-state index >= 15 is 0 Å². The van der Waals surface area contributed by atoms with E-state index in [0.717, 1.165) is 4.90 Å². The quantitative estimate of drug-likeness (QED) is 0.794. The summed E-state index contributed by atoms with van der Waals surface area (Å²) in [4.78, 5) is 25.5. The van der Waals surface area contributed by atoms with Crippen LogP contribution in [0.25, 0.3) is 0 Å². The van der Waals surface area contributed by atoms with Gasteiger partial charge in [-0.25, -0.2) is 0 Å². The predicted molar refractivity (Wildman–Crippen MR) is 72.6 cm³/mol. The maximum atomic E-state index is 11.9. The molecule has 0 saturated carbocycles. The van der Waals surface area contributed by atoms with Gasteiger partial charge in [0.15, 0.2) is 5.78 Å². The molecule has 1 aliphatic heterocycles. The molecular formula is C13H15NO4S. The smallest absolute Gasteiger partial charge is 0.237 e. The second-order valence-corrected chi connectivity index (χ2v) is 5.39. The lowest BCUT2D eigenvalue weighted by Crippen LogP contribution is -2.41. The third kappa shape index (κ3) is 2.97. The Morgan fingerprint density at radius 2 is 2.26 bits per heavy atom. The van der Waals surface area contributed by atoms with Crippen LogP contribution in [0.4, 0.5) is 5.69 Å². The average Bonchev–Trinajstić information content (AvgIpc) is 2.41. The molecule has 0 bridgehead atoms. The lowest BCUT2D eigenvalue weighted by molar-refractivity contribution is -0.116. The third-order valence-electron chi connectivity index (χ3n) is 2.91. The van der Waals surface area contributed by atoms with E-state index in [1.165, 1.54) is 23.6 Å². The number of fused-ring (bicyclic) bond motifs is 1. The third-order valence-corrected chi connectivity index (χ3v) is 3.94. The first-order valence-corrected chi connectivity index (χ1v) is 6.88. The maximum Gasteiger partial charge on any atom is 0.237 e. The zero-order valence-electron chi connectivity index (χ0n) is 10.5. The molecule has 0 aliphatic carbocycles. The minimum Gasteiger partial charge on any atom is -0.394 e. The van der Waals surface area contributed by atoms with Crippen LogP contribution in [0.3, 0.4) is 0 Å². The van der Waals surface area contributed by atoms with Crippen LogP contribution in [-0.4, -0.2) is 46.9 Å². The molecule has 2 rings (SSSR count). The Hall–Kier alpha value is -1.37. The lowest BCUT2D eigenvalue weighted by atomic mass is 10.1. The number of thioether (sulfide) groups is 1. The second kappa shape index (κ2) is 5.73. The molecule has 1 aromatic carbocycles. The molecule has 6 heteroatoms. The molecule has 0 spiro atoms. The van der Waals surface area contributed by atoms with Gasteiger partial charge < -0.3 is 15.1 Å². The Kier molecular flexibility index (Phi) is 4.24. The van der Waals surface area contributed by atoms with Crippen LogP contribution in [0.1, 0.15) is 17.3 Å². The van der Waals surface area contributed by atoms with Gasteiger partial charge in [0.1, 0.15) is 0 Å². The molecule has 102 valence electrons. The van der Waals surface area contributed by atoms with Crippen molar-refractivity contribution in [2.24, 2.45) is 0 Å². The summed E-state index contributed by atoms with van der Waals surface area (Å²) >= 11 is 1.38. The minimum atomic E-state index is -0.965. The summed E-state index contributed by atoms with van der Waals surface area (Å²) in [5, 5.41) is 18.4. The highest BCUT2D eigenvalue weighted by Crippen LogP contribution is 2.36. The van der Waals surface area contributed by atoms with Gasteiger partial charge in [0.25, 0.3) is 0 Å². The van der Waals surface area contributed by atoms with E-state index < -0.39 is 12.7 Å². The number of carbonyl (C=O) groups excluding carboxylic acids is 2. The van der Waals surface area contributed by atoms with Crippen molar-refractivity contribution in [3.63, 3.8) is 0 Å². The summed E-state index contributed by atoms with van der Waals surface area (Å²) in [6.07, 6.45) is -0.965. The van der Waals surface area contributed by atoms with Crippen molar-refractivity contribution >= 4 is 29.1 Å². The molecule has 2 N–H and O–H groups in total. The summed E-state index contributed by atoms with van der Waals surface area (Å²) in [5.41, 5.74) is 1.28. The number of rotatable bonds is 4. The summed E-state index contributed by atoms with van der Waals surface area (Å²) in [5.74, 6) is 0.134. The van der Waals surface area contributed by atoms with Gasteiger partial charge >= 0.3 is 0 Å². The molecule has 0 aromatic heterocycles. The number of benzene rings is 1. The van der Waals surface area contributed by atoms with Crippen LogP contribution in [-0.2, 0) is 4.79 Å². The standard InChI is InChI=1S/C13H15NO4S/c1-8(16)9-2-3-11-12(4-9)19-7-13(18)14(11)5-10(17)6-15/h2-4,10,15,17H,5-7H2,1H3. The molecular weight excluding hydrogens is 266 g/mol. The van der Waals surface area contributed by atoms with Crippen LogP contribution >= 0.6 is 11.8 Å². The van der Waals surface area contributed by atoms with Crippen LogP contribution in [0, 0.1) is 0 Å². The number of ketones is 1. The van der Waals surface area contributed by atoms with Gasteiger partial charge in [0.2, 0.25) is 5.91 Å². The predicted octanol–water partition coefficient (Wildman–Crippen LogP) is 0.681. The van der Waals surface area contributed by atoms with Gasteiger partial charge in [-0.15, -0.1) is 11.8 Å².